The van der Waals surface area contributed by atoms with Crippen molar-refractivity contribution in [1.82, 2.24) is 15.3 Å². The summed E-state index contributed by atoms with van der Waals surface area (Å²) in [6.07, 6.45) is 3.19. The fraction of sp³-hybridized carbons (Fsp3) is 0.583. The fourth-order valence-corrected chi connectivity index (χ4v) is 2.33. The van der Waals surface area contributed by atoms with E-state index < -0.39 is 0 Å². The molecule has 0 bridgehead atoms. The summed E-state index contributed by atoms with van der Waals surface area (Å²) in [4.78, 5) is 22.0. The van der Waals surface area contributed by atoms with E-state index >= 15 is 0 Å². The second-order valence-corrected chi connectivity index (χ2v) is 4.58. The van der Waals surface area contributed by atoms with Crippen LogP contribution >= 0.6 is 0 Å². The molecule has 1 fully saturated rings. The normalized spacial score (nSPS) is 16.7. The fourth-order valence-electron chi connectivity index (χ4n) is 2.33. The molecule has 0 aliphatic carbocycles. The summed E-state index contributed by atoms with van der Waals surface area (Å²) in [6, 6.07) is 0. The summed E-state index contributed by atoms with van der Waals surface area (Å²) in [5.74, 6) is 1.66. The highest BCUT2D eigenvalue weighted by atomic mass is 16.1. The number of anilines is 2. The van der Waals surface area contributed by atoms with Crippen LogP contribution in [0.1, 0.15) is 18.4 Å². The van der Waals surface area contributed by atoms with Crippen molar-refractivity contribution in [1.29, 1.82) is 0 Å². The number of rotatable bonds is 2. The Labute approximate surface area is 107 Å². The maximum Gasteiger partial charge on any atom is 0.222 e. The SMILES string of the molecule is CNC(=O)C1CCN(c2ncnc(N)c2C)CC1. The summed E-state index contributed by atoms with van der Waals surface area (Å²) >= 11 is 0. The molecule has 6 nitrogen and oxygen atoms in total. The highest BCUT2D eigenvalue weighted by Crippen LogP contribution is 2.25. The maximum atomic E-state index is 11.6. The molecule has 2 rings (SSSR count). The van der Waals surface area contributed by atoms with Crippen LogP contribution in [0.15, 0.2) is 6.33 Å². The molecule has 2 heterocycles. The first-order chi connectivity index (χ1) is 8.63. The Balaban J connectivity index is 2.06. The first-order valence-electron chi connectivity index (χ1n) is 6.17. The predicted molar refractivity (Wildman–Crippen MR) is 70.2 cm³/mol. The highest BCUT2D eigenvalue weighted by molar-refractivity contribution is 5.78. The first-order valence-corrected chi connectivity index (χ1v) is 6.17. The zero-order valence-electron chi connectivity index (χ0n) is 10.8. The maximum absolute atomic E-state index is 11.6. The lowest BCUT2D eigenvalue weighted by Crippen LogP contribution is -2.40. The third kappa shape index (κ3) is 2.37. The molecule has 0 aromatic carbocycles. The van der Waals surface area contributed by atoms with Gasteiger partial charge in [0.05, 0.1) is 0 Å². The van der Waals surface area contributed by atoms with Crippen LogP contribution in [-0.2, 0) is 4.79 Å². The van der Waals surface area contributed by atoms with Gasteiger partial charge in [-0.1, -0.05) is 0 Å². The van der Waals surface area contributed by atoms with E-state index in [1.165, 1.54) is 6.33 Å². The number of piperidine rings is 1. The number of nitrogens with zero attached hydrogens (tertiary/aromatic N) is 3. The van der Waals surface area contributed by atoms with E-state index in [1.54, 1.807) is 7.05 Å². The molecule has 1 amide bonds. The number of amides is 1. The molecular formula is C12H19N5O. The number of nitrogen functional groups attached to an aromatic ring is 1. The number of carbonyl (C=O) groups is 1. The molecular weight excluding hydrogens is 230 g/mol. The number of nitrogens with two attached hydrogens (primary N) is 1. The summed E-state index contributed by atoms with van der Waals surface area (Å²) < 4.78 is 0. The van der Waals surface area contributed by atoms with Crippen molar-refractivity contribution in [3.63, 3.8) is 0 Å². The van der Waals surface area contributed by atoms with Crippen LogP contribution in [-0.4, -0.2) is 36.0 Å². The van der Waals surface area contributed by atoms with E-state index in [9.17, 15) is 4.79 Å². The minimum absolute atomic E-state index is 0.116. The van der Waals surface area contributed by atoms with Crippen LogP contribution in [0, 0.1) is 12.8 Å². The van der Waals surface area contributed by atoms with Crippen LogP contribution in [0.25, 0.3) is 0 Å². The van der Waals surface area contributed by atoms with Crippen LogP contribution in [0.2, 0.25) is 0 Å². The van der Waals surface area contributed by atoms with Crippen LogP contribution in [0.4, 0.5) is 11.6 Å². The molecule has 0 atom stereocenters. The first kappa shape index (κ1) is 12.6. The average molecular weight is 249 g/mol. The molecule has 18 heavy (non-hydrogen) atoms. The second-order valence-electron chi connectivity index (χ2n) is 4.58. The van der Waals surface area contributed by atoms with Crippen molar-refractivity contribution >= 4 is 17.5 Å². The molecule has 0 spiro atoms. The molecule has 0 saturated carbocycles. The van der Waals surface area contributed by atoms with E-state index in [1.807, 2.05) is 6.92 Å². The predicted octanol–water partition coefficient (Wildman–Crippen LogP) is 0.330. The Hall–Kier alpha value is -1.85. The number of hydrogen-bond acceptors (Lipinski definition) is 5. The van der Waals surface area contributed by atoms with Gasteiger partial charge in [0.2, 0.25) is 5.91 Å². The van der Waals surface area contributed by atoms with E-state index in [4.69, 9.17) is 5.73 Å². The van der Waals surface area contributed by atoms with E-state index in [0.29, 0.717) is 5.82 Å². The summed E-state index contributed by atoms with van der Waals surface area (Å²) in [5, 5.41) is 2.71. The van der Waals surface area contributed by atoms with Gasteiger partial charge < -0.3 is 16.0 Å². The van der Waals surface area contributed by atoms with Gasteiger partial charge in [0.1, 0.15) is 18.0 Å². The van der Waals surface area contributed by atoms with E-state index in [2.05, 4.69) is 20.2 Å². The lowest BCUT2D eigenvalue weighted by atomic mass is 9.96. The van der Waals surface area contributed by atoms with Crippen molar-refractivity contribution in [3.05, 3.63) is 11.9 Å². The van der Waals surface area contributed by atoms with Crippen molar-refractivity contribution < 1.29 is 4.79 Å². The largest absolute Gasteiger partial charge is 0.383 e. The lowest BCUT2D eigenvalue weighted by Gasteiger charge is -2.32. The highest BCUT2D eigenvalue weighted by Gasteiger charge is 2.25. The van der Waals surface area contributed by atoms with Crippen molar-refractivity contribution in [2.45, 2.75) is 19.8 Å². The summed E-state index contributed by atoms with van der Waals surface area (Å²) in [5.41, 5.74) is 6.70. The van der Waals surface area contributed by atoms with E-state index in [0.717, 1.165) is 37.3 Å². The Kier molecular flexibility index (Phi) is 3.64. The van der Waals surface area contributed by atoms with Crippen molar-refractivity contribution in [2.75, 3.05) is 30.8 Å². The number of aromatic nitrogens is 2. The Morgan fingerprint density at radius 3 is 2.72 bits per heavy atom. The molecule has 1 aromatic rings. The Bertz CT molecular complexity index is 440. The molecule has 1 aliphatic rings. The van der Waals surface area contributed by atoms with Crippen molar-refractivity contribution in [3.8, 4) is 0 Å². The average Bonchev–Trinajstić information content (AvgIpc) is 2.41. The minimum atomic E-state index is 0.116. The van der Waals surface area contributed by atoms with Gasteiger partial charge in [0.15, 0.2) is 0 Å². The van der Waals surface area contributed by atoms with E-state index in [-0.39, 0.29) is 11.8 Å². The third-order valence-corrected chi connectivity index (χ3v) is 3.51. The van der Waals surface area contributed by atoms with Crippen molar-refractivity contribution in [2.24, 2.45) is 5.92 Å². The van der Waals surface area contributed by atoms with Gasteiger partial charge in [-0.25, -0.2) is 9.97 Å². The number of hydrogen-bond donors (Lipinski definition) is 2. The zero-order valence-corrected chi connectivity index (χ0v) is 10.8. The van der Waals surface area contributed by atoms with Crippen LogP contribution < -0.4 is 16.0 Å². The summed E-state index contributed by atoms with van der Waals surface area (Å²) in [6.45, 7) is 3.58. The minimum Gasteiger partial charge on any atom is -0.383 e. The molecule has 0 radical (unpaired) electrons. The van der Waals surface area contributed by atoms with Gasteiger partial charge in [-0.3, -0.25) is 4.79 Å². The molecule has 98 valence electrons. The molecule has 1 aliphatic heterocycles. The lowest BCUT2D eigenvalue weighted by molar-refractivity contribution is -0.125. The number of nitrogens with one attached hydrogen (secondary N) is 1. The van der Waals surface area contributed by atoms with Gasteiger partial charge in [-0.05, 0) is 19.8 Å². The molecule has 1 aromatic heterocycles. The van der Waals surface area contributed by atoms with Crippen LogP contribution in [0.5, 0.6) is 0 Å². The smallest absolute Gasteiger partial charge is 0.222 e. The van der Waals surface area contributed by atoms with Gasteiger partial charge in [0.25, 0.3) is 0 Å². The number of carbonyl (C=O) groups excluding carboxylic acids is 1. The second kappa shape index (κ2) is 5.20. The van der Waals surface area contributed by atoms with Gasteiger partial charge in [-0.2, -0.15) is 0 Å². The van der Waals surface area contributed by atoms with Gasteiger partial charge >= 0.3 is 0 Å². The zero-order chi connectivity index (χ0) is 13.1. The quantitative estimate of drug-likeness (QED) is 0.789. The molecule has 6 heteroatoms. The van der Waals surface area contributed by atoms with Gasteiger partial charge in [-0.15, -0.1) is 0 Å². The topological polar surface area (TPSA) is 84.1 Å². The van der Waals surface area contributed by atoms with Crippen LogP contribution in [0.3, 0.4) is 0 Å². The third-order valence-electron chi connectivity index (χ3n) is 3.51. The molecule has 0 unspecified atom stereocenters. The molecule has 1 saturated heterocycles. The standard InChI is InChI=1S/C12H19N5O/c1-8-10(13)15-7-16-11(8)17-5-3-9(4-6-17)12(18)14-2/h7,9H,3-6H2,1-2H3,(H,14,18)(H2,13,15,16). The Morgan fingerprint density at radius 1 is 1.44 bits per heavy atom. The Morgan fingerprint density at radius 2 is 2.11 bits per heavy atom. The van der Waals surface area contributed by atoms with Gasteiger partial charge in [0, 0.05) is 31.6 Å². The molecule has 3 N–H and O–H groups in total. The summed E-state index contributed by atoms with van der Waals surface area (Å²) in [7, 11) is 1.68. The monoisotopic (exact) mass is 249 g/mol.